The third-order valence-corrected chi connectivity index (χ3v) is 5.30. The number of pyridine rings is 1. The Morgan fingerprint density at radius 2 is 2.04 bits per heavy atom. The van der Waals surface area contributed by atoms with Gasteiger partial charge in [-0.25, -0.2) is 9.67 Å². The molecule has 0 saturated carbocycles. The van der Waals surface area contributed by atoms with Crippen molar-refractivity contribution in [1.29, 1.82) is 0 Å². The first-order valence-corrected chi connectivity index (χ1v) is 9.26. The topological polar surface area (TPSA) is 88.3 Å². The molecule has 1 fully saturated rings. The highest BCUT2D eigenvalue weighted by Gasteiger charge is 2.27. The minimum atomic E-state index is -0.765. The molecule has 1 N–H and O–H groups in total. The SMILES string of the molecule is CCC(C)n1ncc2c(C(=O)N3CCC(CC(=O)O)CC3)cc(C)nc21. The van der Waals surface area contributed by atoms with Crippen molar-refractivity contribution in [2.75, 3.05) is 13.1 Å². The van der Waals surface area contributed by atoms with Gasteiger partial charge in [-0.3, -0.25) is 9.59 Å². The van der Waals surface area contributed by atoms with E-state index in [-0.39, 0.29) is 24.3 Å². The third kappa shape index (κ3) is 3.57. The summed E-state index contributed by atoms with van der Waals surface area (Å²) in [5.74, 6) is -0.624. The van der Waals surface area contributed by atoms with E-state index in [4.69, 9.17) is 5.11 Å². The van der Waals surface area contributed by atoms with E-state index >= 15 is 0 Å². The second kappa shape index (κ2) is 7.43. The number of hydrogen-bond acceptors (Lipinski definition) is 4. The van der Waals surface area contributed by atoms with Gasteiger partial charge in [-0.15, -0.1) is 0 Å². The highest BCUT2D eigenvalue weighted by molar-refractivity contribution is 6.05. The van der Waals surface area contributed by atoms with E-state index < -0.39 is 5.97 Å². The Labute approximate surface area is 153 Å². The molecular weight excluding hydrogens is 332 g/mol. The lowest BCUT2D eigenvalue weighted by atomic mass is 9.93. The summed E-state index contributed by atoms with van der Waals surface area (Å²) in [6.45, 7) is 7.27. The minimum Gasteiger partial charge on any atom is -0.481 e. The van der Waals surface area contributed by atoms with Gasteiger partial charge in [0.25, 0.3) is 5.91 Å². The molecule has 1 aliphatic heterocycles. The summed E-state index contributed by atoms with van der Waals surface area (Å²) >= 11 is 0. The molecular formula is C19H26N4O3. The highest BCUT2D eigenvalue weighted by Crippen LogP contribution is 2.26. The number of rotatable bonds is 5. The van der Waals surface area contributed by atoms with Crippen LogP contribution in [0.5, 0.6) is 0 Å². The number of carboxylic acids is 1. The number of aryl methyl sites for hydroxylation is 1. The number of aromatic nitrogens is 3. The van der Waals surface area contributed by atoms with E-state index in [9.17, 15) is 9.59 Å². The van der Waals surface area contributed by atoms with Gasteiger partial charge >= 0.3 is 5.97 Å². The van der Waals surface area contributed by atoms with Crippen LogP contribution in [-0.4, -0.2) is 49.7 Å². The van der Waals surface area contributed by atoms with Gasteiger partial charge < -0.3 is 10.0 Å². The van der Waals surface area contributed by atoms with Gasteiger partial charge in [-0.05, 0) is 45.1 Å². The largest absolute Gasteiger partial charge is 0.481 e. The molecule has 2 aromatic rings. The van der Waals surface area contributed by atoms with Crippen molar-refractivity contribution < 1.29 is 14.7 Å². The molecule has 1 atom stereocenters. The van der Waals surface area contributed by atoms with Crippen LogP contribution >= 0.6 is 0 Å². The average molecular weight is 358 g/mol. The highest BCUT2D eigenvalue weighted by atomic mass is 16.4. The van der Waals surface area contributed by atoms with Crippen molar-refractivity contribution in [3.8, 4) is 0 Å². The zero-order valence-electron chi connectivity index (χ0n) is 15.6. The number of carbonyl (C=O) groups is 2. The van der Waals surface area contributed by atoms with Crippen LogP contribution in [0.2, 0.25) is 0 Å². The van der Waals surface area contributed by atoms with Crippen LogP contribution in [0.25, 0.3) is 11.0 Å². The molecule has 1 saturated heterocycles. The summed E-state index contributed by atoms with van der Waals surface area (Å²) in [4.78, 5) is 30.4. The van der Waals surface area contributed by atoms with Crippen LogP contribution in [0.15, 0.2) is 12.3 Å². The maximum Gasteiger partial charge on any atom is 0.303 e. The molecule has 7 nitrogen and oxygen atoms in total. The van der Waals surface area contributed by atoms with E-state index in [1.54, 1.807) is 6.20 Å². The summed E-state index contributed by atoms with van der Waals surface area (Å²) in [5, 5.41) is 14.2. The summed E-state index contributed by atoms with van der Waals surface area (Å²) in [6.07, 6.45) is 4.32. The predicted octanol–water partition coefficient (Wildman–Crippen LogP) is 3.04. The van der Waals surface area contributed by atoms with E-state index in [1.807, 2.05) is 22.6 Å². The fraction of sp³-hybridized carbons (Fsp3) is 0.579. The van der Waals surface area contributed by atoms with Gasteiger partial charge in [0.1, 0.15) is 0 Å². The predicted molar refractivity (Wildman–Crippen MR) is 98.1 cm³/mol. The Hall–Kier alpha value is -2.44. The molecule has 0 bridgehead atoms. The first-order chi connectivity index (χ1) is 12.4. The Bertz CT molecular complexity index is 822. The van der Waals surface area contributed by atoms with Crippen LogP contribution in [0, 0.1) is 12.8 Å². The summed E-state index contributed by atoms with van der Waals surface area (Å²) in [6, 6.07) is 2.05. The molecule has 0 spiro atoms. The lowest BCUT2D eigenvalue weighted by Crippen LogP contribution is -2.39. The zero-order chi connectivity index (χ0) is 18.8. The maximum absolute atomic E-state index is 13.1. The number of aliphatic carboxylic acids is 1. The van der Waals surface area contributed by atoms with E-state index in [0.29, 0.717) is 18.7 Å². The number of nitrogens with zero attached hydrogens (tertiary/aromatic N) is 4. The molecule has 2 aromatic heterocycles. The van der Waals surface area contributed by atoms with Crippen LogP contribution in [-0.2, 0) is 4.79 Å². The molecule has 0 aromatic carbocycles. The lowest BCUT2D eigenvalue weighted by molar-refractivity contribution is -0.138. The molecule has 3 heterocycles. The molecule has 7 heteroatoms. The van der Waals surface area contributed by atoms with Crippen molar-refractivity contribution in [3.05, 3.63) is 23.5 Å². The van der Waals surface area contributed by atoms with E-state index in [1.165, 1.54) is 0 Å². The molecule has 3 rings (SSSR count). The first kappa shape index (κ1) is 18.4. The number of piperidine rings is 1. The molecule has 1 amide bonds. The van der Waals surface area contributed by atoms with Gasteiger partial charge in [0.05, 0.1) is 23.2 Å². The van der Waals surface area contributed by atoms with Gasteiger partial charge in [-0.1, -0.05) is 6.92 Å². The molecule has 140 valence electrons. The Balaban J connectivity index is 1.85. The summed E-state index contributed by atoms with van der Waals surface area (Å²) in [7, 11) is 0. The lowest BCUT2D eigenvalue weighted by Gasteiger charge is -2.31. The third-order valence-electron chi connectivity index (χ3n) is 5.30. The Morgan fingerprint density at radius 1 is 1.35 bits per heavy atom. The quantitative estimate of drug-likeness (QED) is 0.887. The molecule has 1 aliphatic rings. The normalized spacial score (nSPS) is 16.8. The number of likely N-dealkylation sites (tertiary alicyclic amines) is 1. The van der Waals surface area contributed by atoms with E-state index in [2.05, 4.69) is 23.9 Å². The van der Waals surface area contributed by atoms with Crippen molar-refractivity contribution in [3.63, 3.8) is 0 Å². The maximum atomic E-state index is 13.1. The van der Waals surface area contributed by atoms with Gasteiger partial charge in [-0.2, -0.15) is 5.10 Å². The Morgan fingerprint density at radius 3 is 2.65 bits per heavy atom. The fourth-order valence-electron chi connectivity index (χ4n) is 3.57. The smallest absolute Gasteiger partial charge is 0.303 e. The van der Waals surface area contributed by atoms with E-state index in [0.717, 1.165) is 36.0 Å². The van der Waals surface area contributed by atoms with Crippen LogP contribution < -0.4 is 0 Å². The van der Waals surface area contributed by atoms with Crippen molar-refractivity contribution in [2.45, 2.75) is 52.5 Å². The Kier molecular flexibility index (Phi) is 5.25. The molecule has 0 radical (unpaired) electrons. The number of amides is 1. The van der Waals surface area contributed by atoms with Crippen LogP contribution in [0.1, 0.15) is 61.6 Å². The summed E-state index contributed by atoms with van der Waals surface area (Å²) < 4.78 is 1.89. The van der Waals surface area contributed by atoms with Crippen LogP contribution in [0.4, 0.5) is 0 Å². The van der Waals surface area contributed by atoms with Crippen molar-refractivity contribution in [2.24, 2.45) is 5.92 Å². The van der Waals surface area contributed by atoms with Crippen molar-refractivity contribution >= 4 is 22.9 Å². The summed E-state index contributed by atoms with van der Waals surface area (Å²) in [5.41, 5.74) is 2.19. The standard InChI is InChI=1S/C19H26N4O3/c1-4-13(3)23-18-16(11-20-23)15(9-12(2)21-18)19(26)22-7-5-14(6-8-22)10-17(24)25/h9,11,13-14H,4-8,10H2,1-3H3,(H,24,25). The second-order valence-electron chi connectivity index (χ2n) is 7.23. The van der Waals surface area contributed by atoms with Gasteiger partial charge in [0.15, 0.2) is 5.65 Å². The number of fused-ring (bicyclic) bond motifs is 1. The number of hydrogen-bond donors (Lipinski definition) is 1. The monoisotopic (exact) mass is 358 g/mol. The molecule has 26 heavy (non-hydrogen) atoms. The van der Waals surface area contributed by atoms with Gasteiger partial charge in [0.2, 0.25) is 0 Å². The molecule has 1 unspecified atom stereocenters. The number of carboxylic acid groups (broad SMARTS) is 1. The zero-order valence-corrected chi connectivity index (χ0v) is 15.6. The second-order valence-corrected chi connectivity index (χ2v) is 7.23. The fourth-order valence-corrected chi connectivity index (χ4v) is 3.57. The first-order valence-electron chi connectivity index (χ1n) is 9.26. The average Bonchev–Trinajstić information content (AvgIpc) is 3.03. The number of carbonyl (C=O) groups excluding carboxylic acids is 1. The van der Waals surface area contributed by atoms with Crippen LogP contribution in [0.3, 0.4) is 0 Å². The molecule has 0 aliphatic carbocycles. The van der Waals surface area contributed by atoms with Gasteiger partial charge in [0, 0.05) is 25.2 Å². The van der Waals surface area contributed by atoms with Crippen molar-refractivity contribution in [1.82, 2.24) is 19.7 Å². The minimum absolute atomic E-state index is 0.0158.